The first-order chi connectivity index (χ1) is 17.9. The van der Waals surface area contributed by atoms with Crippen LogP contribution in [0.1, 0.15) is 15.9 Å². The second kappa shape index (κ2) is 12.2. The summed E-state index contributed by atoms with van der Waals surface area (Å²) in [7, 11) is 3.10. The Hall–Kier alpha value is -4.13. The number of para-hydroxylation sites is 1. The van der Waals surface area contributed by atoms with E-state index in [1.165, 1.54) is 40.7 Å². The summed E-state index contributed by atoms with van der Waals surface area (Å²) in [5.74, 6) is -0.609. The molecule has 188 valence electrons. The highest BCUT2D eigenvalue weighted by molar-refractivity contribution is 7.80. The molecule has 0 atom stereocenters. The van der Waals surface area contributed by atoms with E-state index in [2.05, 4.69) is 4.84 Å². The third kappa shape index (κ3) is 7.43. The van der Waals surface area contributed by atoms with Gasteiger partial charge >= 0.3 is 11.9 Å². The van der Waals surface area contributed by atoms with Crippen LogP contribution in [0, 0.1) is 13.9 Å². The fourth-order valence-electron chi connectivity index (χ4n) is 3.06. The van der Waals surface area contributed by atoms with Gasteiger partial charge in [0, 0.05) is 4.88 Å². The van der Waals surface area contributed by atoms with Crippen LogP contribution in [0.5, 0.6) is 17.2 Å². The average Bonchev–Trinajstić information content (AvgIpc) is 3.34. The number of rotatable bonds is 10. The van der Waals surface area contributed by atoms with Crippen LogP contribution >= 0.6 is 32.9 Å². The number of carbonyl (C=O) groups excluding carboxylic acids is 2. The van der Waals surface area contributed by atoms with E-state index < -0.39 is 23.6 Å². The van der Waals surface area contributed by atoms with Crippen molar-refractivity contribution in [2.24, 2.45) is 0 Å². The average molecular weight is 556 g/mol. The third-order valence-corrected chi connectivity index (χ3v) is 7.67. The molecular formula is C25H17NO8S3. The van der Waals surface area contributed by atoms with Crippen molar-refractivity contribution in [3.8, 4) is 27.7 Å². The molecule has 37 heavy (non-hydrogen) atoms. The first-order valence-electron chi connectivity index (χ1n) is 10.6. The summed E-state index contributed by atoms with van der Waals surface area (Å²) in [4.78, 5) is 40.6. The maximum absolute atomic E-state index is 12.8. The van der Waals surface area contributed by atoms with Gasteiger partial charge in [0.25, 0.3) is 5.09 Å². The SMILES string of the molecule is O=C(COc1ccccc1C(=O)Oc1ccc(-c2cc(=S)ss2)cc1)Oc1ccc(CO[N+](=O)[O-])cc1. The molecule has 4 aromatic rings. The molecule has 9 nitrogen and oxygen atoms in total. The molecule has 3 aromatic carbocycles. The van der Waals surface area contributed by atoms with Crippen molar-refractivity contribution in [2.75, 3.05) is 6.61 Å². The van der Waals surface area contributed by atoms with E-state index in [1.54, 1.807) is 40.7 Å². The number of benzene rings is 3. The molecule has 0 amide bonds. The molecule has 0 saturated carbocycles. The highest BCUT2D eigenvalue weighted by Gasteiger charge is 2.16. The molecule has 0 saturated heterocycles. The summed E-state index contributed by atoms with van der Waals surface area (Å²) < 4.78 is 17.0. The van der Waals surface area contributed by atoms with Gasteiger partial charge in [0.2, 0.25) is 0 Å². The standard InChI is InChI=1S/C25H17NO8S3/c27-23(33-18-9-5-16(6-10-18)14-32-26(29)30)15-31-21-4-2-1-3-20(21)25(28)34-19-11-7-17(8-12-19)22-13-24(35)37-36-22/h1-13H,14-15H2. The van der Waals surface area contributed by atoms with Crippen LogP contribution in [0.15, 0.2) is 78.9 Å². The maximum Gasteiger partial charge on any atom is 0.349 e. The first kappa shape index (κ1) is 25.9. The molecule has 0 unspecified atom stereocenters. The van der Waals surface area contributed by atoms with Gasteiger partial charge in [0.1, 0.15) is 33.2 Å². The molecule has 0 bridgehead atoms. The fourth-order valence-corrected chi connectivity index (χ4v) is 5.46. The molecule has 0 radical (unpaired) electrons. The molecule has 4 rings (SSSR count). The van der Waals surface area contributed by atoms with Crippen LogP contribution in [-0.4, -0.2) is 23.6 Å². The van der Waals surface area contributed by atoms with E-state index in [0.29, 0.717) is 11.3 Å². The van der Waals surface area contributed by atoms with E-state index in [9.17, 15) is 19.7 Å². The quantitative estimate of drug-likeness (QED) is 0.0570. The highest BCUT2D eigenvalue weighted by Crippen LogP contribution is 2.31. The molecular weight excluding hydrogens is 538 g/mol. The van der Waals surface area contributed by atoms with Gasteiger partial charge in [-0.15, -0.1) is 10.1 Å². The zero-order valence-corrected chi connectivity index (χ0v) is 21.3. The molecule has 0 aliphatic rings. The predicted octanol–water partition coefficient (Wildman–Crippen LogP) is 6.12. The molecule has 0 aliphatic heterocycles. The zero-order chi connectivity index (χ0) is 26.2. The molecule has 0 spiro atoms. The minimum Gasteiger partial charge on any atom is -0.481 e. The van der Waals surface area contributed by atoms with Crippen LogP contribution in [0.2, 0.25) is 0 Å². The smallest absolute Gasteiger partial charge is 0.349 e. The second-order valence-corrected chi connectivity index (χ2v) is 10.2. The summed E-state index contributed by atoms with van der Waals surface area (Å²) in [6.07, 6.45) is 0. The lowest BCUT2D eigenvalue weighted by Crippen LogP contribution is -2.19. The van der Waals surface area contributed by atoms with Crippen molar-refractivity contribution in [3.05, 3.63) is 104 Å². The molecule has 0 aliphatic carbocycles. The van der Waals surface area contributed by atoms with Gasteiger partial charge in [0.05, 0.1) is 0 Å². The van der Waals surface area contributed by atoms with Crippen LogP contribution in [0.25, 0.3) is 10.4 Å². The van der Waals surface area contributed by atoms with Crippen molar-refractivity contribution in [2.45, 2.75) is 6.61 Å². The summed E-state index contributed by atoms with van der Waals surface area (Å²) in [6, 6.07) is 21.4. The highest BCUT2D eigenvalue weighted by atomic mass is 32.9. The van der Waals surface area contributed by atoms with E-state index in [4.69, 9.17) is 26.4 Å². The van der Waals surface area contributed by atoms with Gasteiger partial charge < -0.3 is 19.0 Å². The van der Waals surface area contributed by atoms with Crippen molar-refractivity contribution in [1.82, 2.24) is 0 Å². The Morgan fingerprint density at radius 3 is 2.24 bits per heavy atom. The second-order valence-electron chi connectivity index (χ2n) is 7.31. The minimum atomic E-state index is -0.890. The number of nitrogens with zero attached hydrogens (tertiary/aromatic N) is 1. The molecule has 1 aromatic heterocycles. The van der Waals surface area contributed by atoms with Crippen LogP contribution < -0.4 is 14.2 Å². The summed E-state index contributed by atoms with van der Waals surface area (Å²) >= 11 is 5.17. The number of ether oxygens (including phenoxy) is 3. The minimum absolute atomic E-state index is 0.144. The third-order valence-electron chi connectivity index (χ3n) is 4.76. The van der Waals surface area contributed by atoms with Gasteiger partial charge in [-0.25, -0.2) is 9.59 Å². The van der Waals surface area contributed by atoms with Crippen molar-refractivity contribution in [3.63, 3.8) is 0 Å². The number of hydrogen-bond acceptors (Lipinski definition) is 11. The lowest BCUT2D eigenvalue weighted by molar-refractivity contribution is -0.763. The van der Waals surface area contributed by atoms with Gasteiger partial charge in [0.15, 0.2) is 6.61 Å². The monoisotopic (exact) mass is 555 g/mol. The Labute approximate surface area is 222 Å². The fraction of sp³-hybridized carbons (Fsp3) is 0.0800. The van der Waals surface area contributed by atoms with E-state index >= 15 is 0 Å². The number of esters is 2. The number of hydrogen-bond donors (Lipinski definition) is 0. The lowest BCUT2D eigenvalue weighted by Gasteiger charge is -2.11. The van der Waals surface area contributed by atoms with Gasteiger partial charge in [-0.2, -0.15) is 0 Å². The Kier molecular flexibility index (Phi) is 8.56. The topological polar surface area (TPSA) is 114 Å². The van der Waals surface area contributed by atoms with E-state index in [1.807, 2.05) is 18.2 Å². The molecule has 0 fully saturated rings. The largest absolute Gasteiger partial charge is 0.481 e. The molecule has 0 N–H and O–H groups in total. The number of carbonyl (C=O) groups is 2. The van der Waals surface area contributed by atoms with Crippen LogP contribution in [0.4, 0.5) is 0 Å². The molecule has 12 heteroatoms. The normalized spacial score (nSPS) is 10.4. The van der Waals surface area contributed by atoms with Gasteiger partial charge in [-0.3, -0.25) is 0 Å². The Morgan fingerprint density at radius 1 is 0.892 bits per heavy atom. The van der Waals surface area contributed by atoms with E-state index in [-0.39, 0.29) is 23.7 Å². The lowest BCUT2D eigenvalue weighted by atomic mass is 10.2. The van der Waals surface area contributed by atoms with E-state index in [0.717, 1.165) is 14.3 Å². The van der Waals surface area contributed by atoms with Crippen molar-refractivity contribution in [1.29, 1.82) is 0 Å². The Bertz CT molecular complexity index is 1460. The van der Waals surface area contributed by atoms with Crippen LogP contribution in [0.3, 0.4) is 0 Å². The molecule has 1 heterocycles. The van der Waals surface area contributed by atoms with Gasteiger partial charge in [-0.1, -0.05) is 57.2 Å². The summed E-state index contributed by atoms with van der Waals surface area (Å²) in [6.45, 7) is -0.676. The van der Waals surface area contributed by atoms with Gasteiger partial charge in [-0.05, 0) is 65.7 Å². The summed E-state index contributed by atoms with van der Waals surface area (Å²) in [5, 5.41) is 9.37. The Balaban J connectivity index is 1.33. The maximum atomic E-state index is 12.8. The van der Waals surface area contributed by atoms with Crippen molar-refractivity contribution >= 4 is 44.8 Å². The van der Waals surface area contributed by atoms with Crippen molar-refractivity contribution < 1.29 is 33.7 Å². The summed E-state index contributed by atoms with van der Waals surface area (Å²) in [5.41, 5.74) is 1.65. The Morgan fingerprint density at radius 2 is 1.57 bits per heavy atom. The predicted molar refractivity (Wildman–Crippen MR) is 139 cm³/mol. The first-order valence-corrected chi connectivity index (χ1v) is 13.1. The zero-order valence-electron chi connectivity index (χ0n) is 18.9. The van der Waals surface area contributed by atoms with Crippen LogP contribution in [-0.2, 0) is 16.2 Å².